The molecular formula is C18H19N7O4. The second-order valence-electron chi connectivity index (χ2n) is 6.49. The van der Waals surface area contributed by atoms with Crippen molar-refractivity contribution < 1.29 is 19.1 Å². The van der Waals surface area contributed by atoms with Crippen molar-refractivity contribution in [2.24, 2.45) is 5.73 Å². The zero-order valence-electron chi connectivity index (χ0n) is 15.7. The van der Waals surface area contributed by atoms with E-state index in [1.807, 2.05) is 0 Å². The number of hydrogen-bond acceptors (Lipinski definition) is 8. The molecule has 0 fully saturated rings. The molecule has 0 radical (unpaired) electrons. The van der Waals surface area contributed by atoms with Crippen LogP contribution in [-0.2, 0) is 14.3 Å². The van der Waals surface area contributed by atoms with Crippen molar-refractivity contribution in [2.45, 2.75) is 12.5 Å². The van der Waals surface area contributed by atoms with Crippen LogP contribution in [0.15, 0.2) is 23.8 Å². The normalized spacial score (nSPS) is 15.8. The molecule has 3 aromatic rings. The number of nitrogens with two attached hydrogens (primary N) is 3. The largest absolute Gasteiger partial charge is 0.466 e. The number of ether oxygens (including phenoxy) is 2. The zero-order chi connectivity index (χ0) is 20.9. The summed E-state index contributed by atoms with van der Waals surface area (Å²) in [5.74, 6) is -0.771. The molecule has 1 aliphatic rings. The van der Waals surface area contributed by atoms with Crippen molar-refractivity contribution in [1.82, 2.24) is 19.3 Å². The van der Waals surface area contributed by atoms with Crippen LogP contribution in [0.5, 0.6) is 0 Å². The van der Waals surface area contributed by atoms with Gasteiger partial charge in [-0.05, 0) is 24.3 Å². The number of carbonyl (C=O) groups excluding carboxylic acids is 2. The highest BCUT2D eigenvalue weighted by Crippen LogP contribution is 2.37. The SMILES string of the molecule is COC(=O)C1=Cc2nc(N)n(-n3c(N)nc4cc(C(N)=O)ccc43)c2C(OC)C1. The maximum Gasteiger partial charge on any atom is 0.333 e. The number of benzene rings is 1. The van der Waals surface area contributed by atoms with Gasteiger partial charge < -0.3 is 26.7 Å². The standard InChI is InChI=1S/C18H19N7O4/c1-28-13-7-9(16(27)29-2)6-11-14(13)25(18(21)23-11)24-12-4-3-8(15(19)26)5-10(12)22-17(24)20/h3-6,13H,7H2,1-2H3,(H2,19,26)(H2,20,22)(H2,21,23). The van der Waals surface area contributed by atoms with Crippen molar-refractivity contribution in [3.8, 4) is 0 Å². The first kappa shape index (κ1) is 18.5. The van der Waals surface area contributed by atoms with Gasteiger partial charge in [0, 0.05) is 24.7 Å². The highest BCUT2D eigenvalue weighted by atomic mass is 16.5. The number of methoxy groups -OCH3 is 2. The van der Waals surface area contributed by atoms with E-state index >= 15 is 0 Å². The van der Waals surface area contributed by atoms with Gasteiger partial charge in [0.15, 0.2) is 0 Å². The number of anilines is 2. The molecule has 0 saturated carbocycles. The van der Waals surface area contributed by atoms with E-state index in [-0.39, 0.29) is 18.3 Å². The van der Waals surface area contributed by atoms with Crippen LogP contribution in [-0.4, -0.2) is 45.4 Å². The minimum atomic E-state index is -0.570. The Labute approximate surface area is 164 Å². The lowest BCUT2D eigenvalue weighted by Crippen LogP contribution is -2.23. The minimum Gasteiger partial charge on any atom is -0.466 e. The summed E-state index contributed by atoms with van der Waals surface area (Å²) < 4.78 is 13.6. The van der Waals surface area contributed by atoms with E-state index in [2.05, 4.69) is 9.97 Å². The molecule has 6 N–H and O–H groups in total. The van der Waals surface area contributed by atoms with Gasteiger partial charge >= 0.3 is 5.97 Å². The fourth-order valence-corrected chi connectivity index (χ4v) is 3.52. The average molecular weight is 397 g/mol. The molecule has 0 spiro atoms. The van der Waals surface area contributed by atoms with Crippen LogP contribution < -0.4 is 17.2 Å². The van der Waals surface area contributed by atoms with E-state index in [0.29, 0.717) is 33.6 Å². The topological polar surface area (TPSA) is 166 Å². The van der Waals surface area contributed by atoms with Crippen LogP contribution in [0.3, 0.4) is 0 Å². The molecule has 150 valence electrons. The van der Waals surface area contributed by atoms with E-state index < -0.39 is 18.0 Å². The number of nitrogen functional groups attached to an aromatic ring is 2. The molecule has 4 rings (SSSR count). The van der Waals surface area contributed by atoms with Crippen LogP contribution in [0, 0.1) is 0 Å². The van der Waals surface area contributed by atoms with Crippen LogP contribution in [0.25, 0.3) is 17.1 Å². The summed E-state index contributed by atoms with van der Waals surface area (Å²) >= 11 is 0. The third-order valence-electron chi connectivity index (χ3n) is 4.84. The van der Waals surface area contributed by atoms with Crippen molar-refractivity contribution in [1.29, 1.82) is 0 Å². The third-order valence-corrected chi connectivity index (χ3v) is 4.84. The van der Waals surface area contributed by atoms with Crippen molar-refractivity contribution in [3.05, 3.63) is 40.7 Å². The fraction of sp³-hybridized carbons (Fsp3) is 0.222. The average Bonchev–Trinajstić information content (AvgIpc) is 3.20. The number of primary amides is 1. The monoisotopic (exact) mass is 397 g/mol. The maximum atomic E-state index is 12.0. The second-order valence-corrected chi connectivity index (χ2v) is 6.49. The van der Waals surface area contributed by atoms with Gasteiger partial charge in [-0.3, -0.25) is 4.79 Å². The van der Waals surface area contributed by atoms with Crippen LogP contribution >= 0.6 is 0 Å². The number of esters is 1. The Morgan fingerprint density at radius 2 is 1.86 bits per heavy atom. The van der Waals surface area contributed by atoms with Crippen LogP contribution in [0.2, 0.25) is 0 Å². The summed E-state index contributed by atoms with van der Waals surface area (Å²) in [5, 5.41) is 0. The first-order valence-electron chi connectivity index (χ1n) is 8.64. The van der Waals surface area contributed by atoms with E-state index in [9.17, 15) is 9.59 Å². The molecule has 11 heteroatoms. The Hall–Kier alpha value is -3.86. The van der Waals surface area contributed by atoms with E-state index in [1.54, 1.807) is 33.6 Å². The summed E-state index contributed by atoms with van der Waals surface area (Å²) in [7, 11) is 2.84. The van der Waals surface area contributed by atoms with E-state index in [4.69, 9.17) is 26.7 Å². The second kappa shape index (κ2) is 6.63. The first-order chi connectivity index (χ1) is 13.8. The highest BCUT2D eigenvalue weighted by molar-refractivity contribution is 5.97. The Bertz CT molecular complexity index is 1190. The van der Waals surface area contributed by atoms with Crippen molar-refractivity contribution >= 4 is 40.9 Å². The van der Waals surface area contributed by atoms with Gasteiger partial charge in [-0.15, -0.1) is 0 Å². The quantitative estimate of drug-likeness (QED) is 0.534. The summed E-state index contributed by atoms with van der Waals surface area (Å²) in [4.78, 5) is 32.1. The van der Waals surface area contributed by atoms with E-state index in [1.165, 1.54) is 14.2 Å². The fourth-order valence-electron chi connectivity index (χ4n) is 3.52. The highest BCUT2D eigenvalue weighted by Gasteiger charge is 2.32. The molecule has 0 bridgehead atoms. The number of aromatic nitrogens is 4. The molecule has 1 unspecified atom stereocenters. The van der Waals surface area contributed by atoms with Gasteiger partial charge in [0.1, 0.15) is 6.10 Å². The molecule has 0 aliphatic heterocycles. The number of nitrogens with zero attached hydrogens (tertiary/aromatic N) is 4. The molecule has 0 saturated heterocycles. The lowest BCUT2D eigenvalue weighted by atomic mass is 9.97. The minimum absolute atomic E-state index is 0.129. The first-order valence-corrected chi connectivity index (χ1v) is 8.64. The molecule has 1 atom stereocenters. The van der Waals surface area contributed by atoms with Crippen molar-refractivity contribution in [3.63, 3.8) is 0 Å². The van der Waals surface area contributed by atoms with Gasteiger partial charge in [0.2, 0.25) is 17.8 Å². The zero-order valence-corrected chi connectivity index (χ0v) is 15.7. The number of amides is 1. The van der Waals surface area contributed by atoms with Gasteiger partial charge in [0.05, 0.1) is 29.5 Å². The number of hydrogen-bond donors (Lipinski definition) is 3. The summed E-state index contributed by atoms with van der Waals surface area (Å²) in [6.45, 7) is 0. The third kappa shape index (κ3) is 2.79. The van der Waals surface area contributed by atoms with Gasteiger partial charge in [0.25, 0.3) is 0 Å². The van der Waals surface area contributed by atoms with Crippen LogP contribution in [0.1, 0.15) is 34.3 Å². The molecule has 2 heterocycles. The lowest BCUT2D eigenvalue weighted by Gasteiger charge is -2.23. The number of rotatable bonds is 4. The van der Waals surface area contributed by atoms with Crippen LogP contribution in [0.4, 0.5) is 11.9 Å². The molecule has 2 aromatic heterocycles. The van der Waals surface area contributed by atoms with Gasteiger partial charge in [-0.2, -0.15) is 0 Å². The smallest absolute Gasteiger partial charge is 0.333 e. The molecule has 11 nitrogen and oxygen atoms in total. The van der Waals surface area contributed by atoms with Gasteiger partial charge in [-0.25, -0.2) is 24.1 Å². The molecule has 29 heavy (non-hydrogen) atoms. The Kier molecular flexibility index (Phi) is 4.23. The number of carbonyl (C=O) groups is 2. The lowest BCUT2D eigenvalue weighted by molar-refractivity contribution is -0.136. The number of imidazole rings is 2. The Morgan fingerprint density at radius 1 is 1.14 bits per heavy atom. The van der Waals surface area contributed by atoms with Gasteiger partial charge in [-0.1, -0.05) is 0 Å². The predicted octanol–water partition coefficient (Wildman–Crippen LogP) is 0.455. The summed E-state index contributed by atoms with van der Waals surface area (Å²) in [6, 6.07) is 4.79. The Morgan fingerprint density at radius 3 is 2.52 bits per heavy atom. The maximum absolute atomic E-state index is 12.0. The molecule has 1 aliphatic carbocycles. The molecule has 1 amide bonds. The molecule has 1 aromatic carbocycles. The molecular weight excluding hydrogens is 378 g/mol. The van der Waals surface area contributed by atoms with E-state index in [0.717, 1.165) is 0 Å². The number of fused-ring (bicyclic) bond motifs is 2. The Balaban J connectivity index is 1.95. The summed E-state index contributed by atoms with van der Waals surface area (Å²) in [5.41, 5.74) is 20.6. The summed E-state index contributed by atoms with van der Waals surface area (Å²) in [6.07, 6.45) is 1.37. The predicted molar refractivity (Wildman–Crippen MR) is 104 cm³/mol. The van der Waals surface area contributed by atoms with Crippen molar-refractivity contribution in [2.75, 3.05) is 25.7 Å².